The molecule has 84 valence electrons. The van der Waals surface area contributed by atoms with Crippen LogP contribution in [0.4, 0.5) is 0 Å². The SMILES string of the molecule is Cc1cc(CN2CCN[C@@H](C)C2)n(C)n1. The van der Waals surface area contributed by atoms with Crippen molar-refractivity contribution in [2.75, 3.05) is 19.6 Å². The Morgan fingerprint density at radius 2 is 2.40 bits per heavy atom. The molecule has 4 heteroatoms. The zero-order valence-corrected chi connectivity index (χ0v) is 9.82. The van der Waals surface area contributed by atoms with Crippen molar-refractivity contribution in [3.8, 4) is 0 Å². The number of aryl methyl sites for hydroxylation is 2. The Hall–Kier alpha value is -0.870. The van der Waals surface area contributed by atoms with E-state index in [-0.39, 0.29) is 0 Å². The summed E-state index contributed by atoms with van der Waals surface area (Å²) >= 11 is 0. The largest absolute Gasteiger partial charge is 0.312 e. The first kappa shape index (κ1) is 10.6. The molecule has 2 rings (SSSR count). The molecule has 1 aliphatic heterocycles. The number of aromatic nitrogens is 2. The third-order valence-electron chi connectivity index (χ3n) is 2.94. The van der Waals surface area contributed by atoms with Crippen LogP contribution in [0, 0.1) is 6.92 Å². The minimum Gasteiger partial charge on any atom is -0.312 e. The molecule has 4 nitrogen and oxygen atoms in total. The third kappa shape index (κ3) is 2.58. The highest BCUT2D eigenvalue weighted by molar-refractivity contribution is 5.08. The molecule has 15 heavy (non-hydrogen) atoms. The molecule has 1 aliphatic rings. The molecule has 1 saturated heterocycles. The second-order valence-corrected chi connectivity index (χ2v) is 4.49. The zero-order valence-electron chi connectivity index (χ0n) is 9.82. The van der Waals surface area contributed by atoms with E-state index < -0.39 is 0 Å². The molecule has 1 fully saturated rings. The fourth-order valence-electron chi connectivity index (χ4n) is 2.20. The van der Waals surface area contributed by atoms with E-state index in [1.54, 1.807) is 0 Å². The van der Waals surface area contributed by atoms with Crippen LogP contribution in [0.3, 0.4) is 0 Å². The molecule has 0 bridgehead atoms. The third-order valence-corrected chi connectivity index (χ3v) is 2.94. The average Bonchev–Trinajstić information content (AvgIpc) is 2.45. The Kier molecular flexibility index (Phi) is 3.07. The lowest BCUT2D eigenvalue weighted by atomic mass is 10.2. The van der Waals surface area contributed by atoms with Crippen LogP contribution >= 0.6 is 0 Å². The quantitative estimate of drug-likeness (QED) is 0.769. The van der Waals surface area contributed by atoms with Crippen molar-refractivity contribution in [2.45, 2.75) is 26.4 Å². The van der Waals surface area contributed by atoms with Crippen LogP contribution in [0.5, 0.6) is 0 Å². The molecular weight excluding hydrogens is 188 g/mol. The maximum atomic E-state index is 4.37. The summed E-state index contributed by atoms with van der Waals surface area (Å²) in [6.07, 6.45) is 0. The molecule has 0 unspecified atom stereocenters. The molecular formula is C11H20N4. The predicted molar refractivity (Wildman–Crippen MR) is 60.7 cm³/mol. The van der Waals surface area contributed by atoms with Gasteiger partial charge in [0.25, 0.3) is 0 Å². The van der Waals surface area contributed by atoms with Gasteiger partial charge in [0.05, 0.1) is 11.4 Å². The lowest BCUT2D eigenvalue weighted by molar-refractivity contribution is 0.195. The minimum atomic E-state index is 0.605. The van der Waals surface area contributed by atoms with E-state index in [2.05, 4.69) is 28.3 Å². The van der Waals surface area contributed by atoms with Crippen LogP contribution in [0.15, 0.2) is 6.07 Å². The van der Waals surface area contributed by atoms with Crippen LogP contribution in [0.25, 0.3) is 0 Å². The standard InChI is InChI=1S/C11H20N4/c1-9-6-11(14(3)13-9)8-15-5-4-12-10(2)7-15/h6,10,12H,4-5,7-8H2,1-3H3/t10-/m0/s1. The maximum absolute atomic E-state index is 4.37. The van der Waals surface area contributed by atoms with Gasteiger partial charge in [0.15, 0.2) is 0 Å². The van der Waals surface area contributed by atoms with Gasteiger partial charge >= 0.3 is 0 Å². The molecule has 0 aromatic carbocycles. The van der Waals surface area contributed by atoms with E-state index in [0.717, 1.165) is 31.9 Å². The van der Waals surface area contributed by atoms with Gasteiger partial charge in [-0.05, 0) is 19.9 Å². The van der Waals surface area contributed by atoms with Crippen molar-refractivity contribution < 1.29 is 0 Å². The fraction of sp³-hybridized carbons (Fsp3) is 0.727. The summed E-state index contributed by atoms with van der Waals surface area (Å²) in [6.45, 7) is 8.66. The lowest BCUT2D eigenvalue weighted by Crippen LogP contribution is -2.48. The van der Waals surface area contributed by atoms with E-state index >= 15 is 0 Å². The van der Waals surface area contributed by atoms with E-state index in [0.29, 0.717) is 6.04 Å². The number of hydrogen-bond donors (Lipinski definition) is 1. The molecule has 1 atom stereocenters. The number of nitrogens with one attached hydrogen (secondary N) is 1. The molecule has 1 aromatic rings. The maximum Gasteiger partial charge on any atom is 0.0597 e. The molecule has 0 amide bonds. The van der Waals surface area contributed by atoms with Gasteiger partial charge in [-0.25, -0.2) is 0 Å². The first-order valence-corrected chi connectivity index (χ1v) is 5.60. The van der Waals surface area contributed by atoms with Gasteiger partial charge in [0.2, 0.25) is 0 Å². The lowest BCUT2D eigenvalue weighted by Gasteiger charge is -2.31. The molecule has 2 heterocycles. The van der Waals surface area contributed by atoms with Gasteiger partial charge in [0, 0.05) is 39.3 Å². The first-order valence-electron chi connectivity index (χ1n) is 5.60. The predicted octanol–water partition coefficient (Wildman–Crippen LogP) is 0.522. The van der Waals surface area contributed by atoms with E-state index in [1.807, 2.05) is 18.7 Å². The van der Waals surface area contributed by atoms with Crippen LogP contribution in [-0.4, -0.2) is 40.4 Å². The molecule has 1 N–H and O–H groups in total. The van der Waals surface area contributed by atoms with Crippen LogP contribution in [-0.2, 0) is 13.6 Å². The Balaban J connectivity index is 1.99. The average molecular weight is 208 g/mol. The summed E-state index contributed by atoms with van der Waals surface area (Å²) in [5, 5.41) is 7.82. The monoisotopic (exact) mass is 208 g/mol. The molecule has 0 aliphatic carbocycles. The van der Waals surface area contributed by atoms with Gasteiger partial charge < -0.3 is 5.32 Å². The highest BCUT2D eigenvalue weighted by Gasteiger charge is 2.16. The number of rotatable bonds is 2. The summed E-state index contributed by atoms with van der Waals surface area (Å²) in [4.78, 5) is 2.48. The highest BCUT2D eigenvalue weighted by atomic mass is 15.3. The van der Waals surface area contributed by atoms with Crippen LogP contribution < -0.4 is 5.32 Å². The smallest absolute Gasteiger partial charge is 0.0597 e. The van der Waals surface area contributed by atoms with E-state index in [9.17, 15) is 0 Å². The summed E-state index contributed by atoms with van der Waals surface area (Å²) in [5.74, 6) is 0. The second kappa shape index (κ2) is 4.33. The van der Waals surface area contributed by atoms with Crippen LogP contribution in [0.2, 0.25) is 0 Å². The molecule has 0 saturated carbocycles. The zero-order chi connectivity index (χ0) is 10.8. The van der Waals surface area contributed by atoms with Gasteiger partial charge in [-0.3, -0.25) is 9.58 Å². The normalized spacial score (nSPS) is 23.3. The van der Waals surface area contributed by atoms with Crippen molar-refractivity contribution in [2.24, 2.45) is 7.05 Å². The summed E-state index contributed by atoms with van der Waals surface area (Å²) in [7, 11) is 2.02. The van der Waals surface area contributed by atoms with Crippen molar-refractivity contribution in [3.63, 3.8) is 0 Å². The van der Waals surface area contributed by atoms with Crippen molar-refractivity contribution in [3.05, 3.63) is 17.5 Å². The second-order valence-electron chi connectivity index (χ2n) is 4.49. The van der Waals surface area contributed by atoms with Crippen molar-refractivity contribution in [1.82, 2.24) is 20.0 Å². The van der Waals surface area contributed by atoms with Crippen molar-refractivity contribution in [1.29, 1.82) is 0 Å². The summed E-state index contributed by atoms with van der Waals surface area (Å²) in [6, 6.07) is 2.78. The Morgan fingerprint density at radius 1 is 1.60 bits per heavy atom. The Morgan fingerprint density at radius 3 is 3.00 bits per heavy atom. The number of hydrogen-bond acceptors (Lipinski definition) is 3. The summed E-state index contributed by atoms with van der Waals surface area (Å²) in [5.41, 5.74) is 2.41. The summed E-state index contributed by atoms with van der Waals surface area (Å²) < 4.78 is 1.99. The van der Waals surface area contributed by atoms with Gasteiger partial charge in [-0.1, -0.05) is 0 Å². The molecule has 0 spiro atoms. The fourth-order valence-corrected chi connectivity index (χ4v) is 2.20. The minimum absolute atomic E-state index is 0.605. The van der Waals surface area contributed by atoms with E-state index in [4.69, 9.17) is 0 Å². The van der Waals surface area contributed by atoms with Gasteiger partial charge in [-0.15, -0.1) is 0 Å². The van der Waals surface area contributed by atoms with E-state index in [1.165, 1.54) is 5.69 Å². The highest BCUT2D eigenvalue weighted by Crippen LogP contribution is 2.08. The number of nitrogens with zero attached hydrogens (tertiary/aromatic N) is 3. The Bertz CT molecular complexity index is 331. The van der Waals surface area contributed by atoms with Crippen molar-refractivity contribution >= 4 is 0 Å². The van der Waals surface area contributed by atoms with Crippen LogP contribution in [0.1, 0.15) is 18.3 Å². The van der Waals surface area contributed by atoms with Gasteiger partial charge in [-0.2, -0.15) is 5.10 Å². The van der Waals surface area contributed by atoms with Gasteiger partial charge in [0.1, 0.15) is 0 Å². The molecule has 0 radical (unpaired) electrons. The first-order chi connectivity index (χ1) is 7.15. The molecule has 1 aromatic heterocycles. The Labute approximate surface area is 91.3 Å². The number of piperazine rings is 1. The topological polar surface area (TPSA) is 33.1 Å².